The molecule has 0 aliphatic heterocycles. The fourth-order valence-corrected chi connectivity index (χ4v) is 3.36. The zero-order valence-corrected chi connectivity index (χ0v) is 17.5. The van der Waals surface area contributed by atoms with Gasteiger partial charge in [0.15, 0.2) is 0 Å². The fourth-order valence-electron chi connectivity index (χ4n) is 3.36. The van der Waals surface area contributed by atoms with E-state index >= 15 is 0 Å². The molecule has 0 aromatic rings. The topological polar surface area (TPSA) is 43.1 Å². The predicted octanol–water partition coefficient (Wildman–Crippen LogP) is 7.56. The number of hydrogen-bond acceptors (Lipinski definition) is 1. The Hall–Kier alpha value is -0.790. The molecule has 1 amide bonds. The van der Waals surface area contributed by atoms with Gasteiger partial charge in [-0.05, 0) is 12.8 Å². The molecule has 2 nitrogen and oxygen atoms in total. The van der Waals surface area contributed by atoms with Gasteiger partial charge in [0.05, 0.1) is 0 Å². The Kier molecular flexibility index (Phi) is 24.5. The third kappa shape index (κ3) is 21.2. The van der Waals surface area contributed by atoms with E-state index in [0.29, 0.717) is 0 Å². The van der Waals surface area contributed by atoms with Crippen LogP contribution in [0.4, 0.5) is 0 Å². The van der Waals surface area contributed by atoms with Crippen molar-refractivity contribution in [1.82, 2.24) is 0 Å². The number of hydrogen-bond donors (Lipinski definition) is 1. The first-order valence-corrected chi connectivity index (χ1v) is 11.0. The molecule has 1 atom stereocenters. The predicted molar refractivity (Wildman–Crippen MR) is 114 cm³/mol. The second kappa shape index (κ2) is 23.2. The minimum atomic E-state index is -0.0958. The van der Waals surface area contributed by atoms with Gasteiger partial charge in [-0.25, -0.2) is 0 Å². The molecule has 1 unspecified atom stereocenters. The van der Waals surface area contributed by atoms with Crippen LogP contribution >= 0.6 is 0 Å². The van der Waals surface area contributed by atoms with E-state index in [2.05, 4.69) is 27.0 Å². The first-order valence-electron chi connectivity index (χ1n) is 11.0. The number of amides is 1. The Morgan fingerprint density at radius 1 is 0.640 bits per heavy atom. The van der Waals surface area contributed by atoms with Gasteiger partial charge in [0.25, 0.3) is 0 Å². The normalized spacial score (nSPS) is 11.6. The molecule has 0 aliphatic carbocycles. The molecule has 2 heteroatoms. The molecule has 0 spiro atoms. The van der Waals surface area contributed by atoms with E-state index in [1.165, 1.54) is 89.9 Å². The highest BCUT2D eigenvalue weighted by Crippen LogP contribution is 2.17. The molecule has 25 heavy (non-hydrogen) atoms. The smallest absolute Gasteiger partial charge is 0.220 e. The maximum atomic E-state index is 11.3. The van der Waals surface area contributed by atoms with Crippen molar-refractivity contribution in [2.45, 2.75) is 123 Å². The largest absolute Gasteiger partial charge is 0.369 e. The van der Waals surface area contributed by atoms with Gasteiger partial charge in [-0.15, -0.1) is 13.2 Å². The van der Waals surface area contributed by atoms with Crippen molar-refractivity contribution in [3.8, 4) is 0 Å². The van der Waals surface area contributed by atoms with E-state index in [-0.39, 0.29) is 11.8 Å². The summed E-state index contributed by atoms with van der Waals surface area (Å²) in [5.41, 5.74) is 5.44. The lowest BCUT2D eigenvalue weighted by atomic mass is 9.95. The molecule has 0 fully saturated rings. The molecule has 0 aliphatic rings. The van der Waals surface area contributed by atoms with Crippen LogP contribution < -0.4 is 5.73 Å². The van der Waals surface area contributed by atoms with E-state index in [1.807, 2.05) is 0 Å². The number of primary amides is 1. The summed E-state index contributed by atoms with van der Waals surface area (Å²) in [7, 11) is 0. The molecule has 0 saturated carbocycles. The van der Waals surface area contributed by atoms with Crippen LogP contribution in [0.25, 0.3) is 0 Å². The molecule has 150 valence electrons. The SMILES string of the molecule is C=C.CCCCCCCCCCCCCCCCC(CCC)C(N)=O. The van der Waals surface area contributed by atoms with E-state index in [4.69, 9.17) is 5.73 Å². The Morgan fingerprint density at radius 3 is 1.32 bits per heavy atom. The minimum Gasteiger partial charge on any atom is -0.369 e. The summed E-state index contributed by atoms with van der Waals surface area (Å²) in [5, 5.41) is 0. The first-order chi connectivity index (χ1) is 12.2. The second-order valence-electron chi connectivity index (χ2n) is 7.27. The molecule has 0 bridgehead atoms. The summed E-state index contributed by atoms with van der Waals surface area (Å²) in [6.07, 6.45) is 22.4. The lowest BCUT2D eigenvalue weighted by Gasteiger charge is -2.11. The van der Waals surface area contributed by atoms with Gasteiger partial charge in [0.1, 0.15) is 0 Å². The van der Waals surface area contributed by atoms with Gasteiger partial charge in [-0.2, -0.15) is 0 Å². The maximum absolute atomic E-state index is 11.3. The van der Waals surface area contributed by atoms with Crippen molar-refractivity contribution >= 4 is 5.91 Å². The van der Waals surface area contributed by atoms with Gasteiger partial charge in [-0.3, -0.25) is 4.79 Å². The fraction of sp³-hybridized carbons (Fsp3) is 0.870. The van der Waals surface area contributed by atoms with Crippen molar-refractivity contribution in [1.29, 1.82) is 0 Å². The number of unbranched alkanes of at least 4 members (excludes halogenated alkanes) is 13. The lowest BCUT2D eigenvalue weighted by molar-refractivity contribution is -0.122. The van der Waals surface area contributed by atoms with Crippen LogP contribution in [0.15, 0.2) is 13.2 Å². The number of nitrogens with two attached hydrogens (primary N) is 1. The Morgan fingerprint density at radius 2 is 1.00 bits per heavy atom. The molecular formula is C23H47NO. The highest BCUT2D eigenvalue weighted by Gasteiger charge is 2.12. The Bertz CT molecular complexity index is 265. The van der Waals surface area contributed by atoms with Crippen LogP contribution in [0.2, 0.25) is 0 Å². The summed E-state index contributed by atoms with van der Waals surface area (Å²) in [5.74, 6) is 0.0267. The third-order valence-corrected chi connectivity index (χ3v) is 4.95. The molecule has 0 heterocycles. The Labute approximate surface area is 159 Å². The molecule has 0 radical (unpaired) electrons. The standard InChI is InChI=1S/C21H43NO.C2H4/c1-3-5-6-7-8-9-10-11-12-13-14-15-16-17-19-20(18-4-2)21(22)23;1-2/h20H,3-19H2,1-2H3,(H2,22,23);1-2H2. The van der Waals surface area contributed by atoms with Crippen LogP contribution in [-0.2, 0) is 4.79 Å². The number of carbonyl (C=O) groups is 1. The summed E-state index contributed by atoms with van der Waals surface area (Å²) >= 11 is 0. The molecule has 0 aromatic carbocycles. The minimum absolute atomic E-state index is 0.0958. The third-order valence-electron chi connectivity index (χ3n) is 4.95. The van der Waals surface area contributed by atoms with Gasteiger partial charge in [0, 0.05) is 5.92 Å². The summed E-state index contributed by atoms with van der Waals surface area (Å²) in [4.78, 5) is 11.3. The van der Waals surface area contributed by atoms with Crippen LogP contribution in [0.1, 0.15) is 123 Å². The van der Waals surface area contributed by atoms with Crippen molar-refractivity contribution < 1.29 is 4.79 Å². The van der Waals surface area contributed by atoms with Crippen molar-refractivity contribution in [3.63, 3.8) is 0 Å². The van der Waals surface area contributed by atoms with Gasteiger partial charge < -0.3 is 5.73 Å². The molecule has 0 aromatic heterocycles. The van der Waals surface area contributed by atoms with Gasteiger partial charge in [-0.1, -0.05) is 110 Å². The van der Waals surface area contributed by atoms with Gasteiger partial charge >= 0.3 is 0 Å². The zero-order valence-electron chi connectivity index (χ0n) is 17.5. The summed E-state index contributed by atoms with van der Waals surface area (Å²) in [6.45, 7) is 10.4. The monoisotopic (exact) mass is 353 g/mol. The van der Waals surface area contributed by atoms with Crippen molar-refractivity contribution in [2.75, 3.05) is 0 Å². The number of carbonyl (C=O) groups excluding carboxylic acids is 1. The van der Waals surface area contributed by atoms with Crippen LogP contribution in [-0.4, -0.2) is 5.91 Å². The van der Waals surface area contributed by atoms with Crippen molar-refractivity contribution in [3.05, 3.63) is 13.2 Å². The van der Waals surface area contributed by atoms with Crippen LogP contribution in [0.3, 0.4) is 0 Å². The van der Waals surface area contributed by atoms with E-state index < -0.39 is 0 Å². The van der Waals surface area contributed by atoms with E-state index in [1.54, 1.807) is 0 Å². The Balaban J connectivity index is 0. The second-order valence-corrected chi connectivity index (χ2v) is 7.27. The van der Waals surface area contributed by atoms with Gasteiger partial charge in [0.2, 0.25) is 5.91 Å². The van der Waals surface area contributed by atoms with Crippen molar-refractivity contribution in [2.24, 2.45) is 11.7 Å². The number of rotatable bonds is 18. The molecule has 0 rings (SSSR count). The molecule has 0 saturated heterocycles. The molecule has 2 N–H and O–H groups in total. The van der Waals surface area contributed by atoms with E-state index in [9.17, 15) is 4.79 Å². The van der Waals surface area contributed by atoms with E-state index in [0.717, 1.165) is 19.3 Å². The summed E-state index contributed by atoms with van der Waals surface area (Å²) in [6, 6.07) is 0. The average Bonchev–Trinajstić information content (AvgIpc) is 2.62. The zero-order chi connectivity index (χ0) is 19.2. The van der Waals surface area contributed by atoms with Crippen LogP contribution in [0, 0.1) is 5.92 Å². The quantitative estimate of drug-likeness (QED) is 0.200. The lowest BCUT2D eigenvalue weighted by Crippen LogP contribution is -2.23. The summed E-state index contributed by atoms with van der Waals surface area (Å²) < 4.78 is 0. The first kappa shape index (κ1) is 26.4. The average molecular weight is 354 g/mol. The molecular weight excluding hydrogens is 306 g/mol. The highest BCUT2D eigenvalue weighted by atomic mass is 16.1. The maximum Gasteiger partial charge on any atom is 0.220 e. The van der Waals surface area contributed by atoms with Crippen LogP contribution in [0.5, 0.6) is 0 Å². The highest BCUT2D eigenvalue weighted by molar-refractivity contribution is 5.76.